The summed E-state index contributed by atoms with van der Waals surface area (Å²) in [6.45, 7) is -0.0964. The lowest BCUT2D eigenvalue weighted by molar-refractivity contribution is -0.274. The molecule has 4 N–H and O–H groups in total. The van der Waals surface area contributed by atoms with Crippen LogP contribution < -0.4 is 21.1 Å². The topological polar surface area (TPSA) is 88.7 Å². The Morgan fingerprint density at radius 3 is 2.43 bits per heavy atom. The summed E-state index contributed by atoms with van der Waals surface area (Å²) >= 11 is 0. The quantitative estimate of drug-likeness (QED) is 0.240. The number of nitrogens with zero attached hydrogens (tertiary/aromatic N) is 1. The third-order valence-electron chi connectivity index (χ3n) is 3.13. The molecule has 0 saturated carbocycles. The number of carbonyl (C=O) groups is 1. The Hall–Kier alpha value is -2.57. The van der Waals surface area contributed by atoms with E-state index >= 15 is 0 Å². The zero-order valence-corrected chi connectivity index (χ0v) is 16.6. The van der Waals surface area contributed by atoms with Gasteiger partial charge in [0.2, 0.25) is 5.91 Å². The lowest BCUT2D eigenvalue weighted by Crippen LogP contribution is -2.37. The molecular weight excluding hydrogens is 495 g/mol. The van der Waals surface area contributed by atoms with Crippen molar-refractivity contribution in [3.05, 3.63) is 59.9 Å². The number of nitrogens with two attached hydrogens (primary N) is 1. The number of anilines is 1. The van der Waals surface area contributed by atoms with Crippen molar-refractivity contribution < 1.29 is 27.1 Å². The van der Waals surface area contributed by atoms with Crippen LogP contribution in [-0.4, -0.2) is 24.8 Å². The third-order valence-corrected chi connectivity index (χ3v) is 3.13. The first-order valence-electron chi connectivity index (χ1n) is 7.65. The van der Waals surface area contributed by atoms with Gasteiger partial charge in [0.1, 0.15) is 11.6 Å². The fourth-order valence-corrected chi connectivity index (χ4v) is 1.97. The largest absolute Gasteiger partial charge is 0.573 e. The Balaban J connectivity index is 0.00000392. The van der Waals surface area contributed by atoms with Gasteiger partial charge in [-0.3, -0.25) is 4.79 Å². The normalized spacial score (nSPS) is 11.4. The molecule has 0 heterocycles. The van der Waals surface area contributed by atoms with E-state index in [1.54, 1.807) is 0 Å². The van der Waals surface area contributed by atoms with E-state index in [9.17, 15) is 22.4 Å². The van der Waals surface area contributed by atoms with Gasteiger partial charge in [-0.25, -0.2) is 9.38 Å². The number of alkyl halides is 3. The molecule has 0 unspecified atom stereocenters. The van der Waals surface area contributed by atoms with Crippen LogP contribution in [0.1, 0.15) is 5.56 Å². The predicted molar refractivity (Wildman–Crippen MR) is 107 cm³/mol. The minimum atomic E-state index is -4.75. The van der Waals surface area contributed by atoms with Gasteiger partial charge in [-0.05, 0) is 35.9 Å². The second-order valence-electron chi connectivity index (χ2n) is 5.31. The Morgan fingerprint density at radius 1 is 1.14 bits per heavy atom. The molecule has 1 amide bonds. The summed E-state index contributed by atoms with van der Waals surface area (Å²) in [5, 5.41) is 5.06. The Kier molecular flexibility index (Phi) is 8.96. The number of hydrogen-bond acceptors (Lipinski definition) is 3. The van der Waals surface area contributed by atoms with E-state index in [0.29, 0.717) is 11.3 Å². The van der Waals surface area contributed by atoms with E-state index < -0.39 is 18.1 Å². The first-order chi connectivity index (χ1) is 12.7. The number of rotatable bonds is 6. The van der Waals surface area contributed by atoms with Crippen LogP contribution in [0.25, 0.3) is 0 Å². The SMILES string of the molecule is I.NC(=NCc1ccc(OC(F)(F)F)cc1)NCC(=O)Nc1cccc(F)c1. The van der Waals surface area contributed by atoms with Gasteiger partial charge in [-0.1, -0.05) is 18.2 Å². The average molecular weight is 512 g/mol. The molecule has 28 heavy (non-hydrogen) atoms. The van der Waals surface area contributed by atoms with E-state index in [1.807, 2.05) is 0 Å². The first kappa shape index (κ1) is 23.5. The third kappa shape index (κ3) is 8.88. The monoisotopic (exact) mass is 512 g/mol. The summed E-state index contributed by atoms with van der Waals surface area (Å²) < 4.78 is 53.0. The van der Waals surface area contributed by atoms with Crippen LogP contribution in [0.4, 0.5) is 23.2 Å². The van der Waals surface area contributed by atoms with Crippen LogP contribution in [-0.2, 0) is 11.3 Å². The van der Waals surface area contributed by atoms with Crippen LogP contribution in [0.15, 0.2) is 53.5 Å². The van der Waals surface area contributed by atoms with E-state index in [4.69, 9.17) is 5.73 Å². The molecule has 0 spiro atoms. The van der Waals surface area contributed by atoms with Crippen molar-refractivity contribution in [1.29, 1.82) is 0 Å². The number of carbonyl (C=O) groups excluding carboxylic acids is 1. The van der Waals surface area contributed by atoms with Gasteiger partial charge in [0.15, 0.2) is 5.96 Å². The minimum Gasteiger partial charge on any atom is -0.406 e. The molecular formula is C17H17F4IN4O2. The van der Waals surface area contributed by atoms with Crippen molar-refractivity contribution in [3.8, 4) is 5.75 Å². The number of guanidine groups is 1. The highest BCUT2D eigenvalue weighted by Crippen LogP contribution is 2.22. The van der Waals surface area contributed by atoms with E-state index in [0.717, 1.165) is 12.1 Å². The molecule has 2 aromatic rings. The number of halogens is 5. The molecule has 0 aromatic heterocycles. The number of aliphatic imine (C=N–C) groups is 1. The van der Waals surface area contributed by atoms with Crippen molar-refractivity contribution in [2.45, 2.75) is 12.9 Å². The molecule has 0 bridgehead atoms. The molecule has 2 rings (SSSR count). The highest BCUT2D eigenvalue weighted by atomic mass is 127. The molecule has 0 aliphatic rings. The standard InChI is InChI=1S/C17H16F4N4O2.HI/c18-12-2-1-3-13(8-12)25-15(26)10-24-16(22)23-9-11-4-6-14(7-5-11)27-17(19,20)21;/h1-8H,9-10H2,(H,25,26)(H3,22,23,24);1H. The summed E-state index contributed by atoms with van der Waals surface area (Å²) in [6, 6.07) is 10.6. The Morgan fingerprint density at radius 2 is 1.82 bits per heavy atom. The van der Waals surface area contributed by atoms with E-state index in [1.165, 1.54) is 36.4 Å². The molecule has 0 aliphatic carbocycles. The maximum atomic E-state index is 13.0. The molecule has 0 atom stereocenters. The fraction of sp³-hybridized carbons (Fsp3) is 0.176. The van der Waals surface area contributed by atoms with Crippen LogP contribution in [0.3, 0.4) is 0 Å². The fourth-order valence-electron chi connectivity index (χ4n) is 1.97. The molecule has 6 nitrogen and oxygen atoms in total. The van der Waals surface area contributed by atoms with Gasteiger partial charge in [0.05, 0.1) is 13.1 Å². The maximum Gasteiger partial charge on any atom is 0.573 e. The van der Waals surface area contributed by atoms with Crippen molar-refractivity contribution in [3.63, 3.8) is 0 Å². The highest BCUT2D eigenvalue weighted by molar-refractivity contribution is 14.0. The highest BCUT2D eigenvalue weighted by Gasteiger charge is 2.30. The van der Waals surface area contributed by atoms with Gasteiger partial charge in [0, 0.05) is 5.69 Å². The van der Waals surface area contributed by atoms with E-state index in [-0.39, 0.29) is 48.8 Å². The number of benzene rings is 2. The smallest absolute Gasteiger partial charge is 0.406 e. The molecule has 0 radical (unpaired) electrons. The van der Waals surface area contributed by atoms with Crippen molar-refractivity contribution in [2.24, 2.45) is 10.7 Å². The van der Waals surface area contributed by atoms with Crippen LogP contribution in [0.5, 0.6) is 5.75 Å². The Labute approximate surface area is 175 Å². The van der Waals surface area contributed by atoms with Gasteiger partial charge >= 0.3 is 6.36 Å². The summed E-state index contributed by atoms with van der Waals surface area (Å²) in [4.78, 5) is 15.7. The number of ether oxygens (including phenoxy) is 1. The van der Waals surface area contributed by atoms with Gasteiger partial charge in [-0.15, -0.1) is 37.1 Å². The number of amides is 1. The predicted octanol–water partition coefficient (Wildman–Crippen LogP) is 3.39. The second-order valence-corrected chi connectivity index (χ2v) is 5.31. The van der Waals surface area contributed by atoms with Crippen molar-refractivity contribution in [2.75, 3.05) is 11.9 Å². The molecule has 0 fully saturated rings. The second kappa shape index (κ2) is 10.7. The van der Waals surface area contributed by atoms with Crippen LogP contribution >= 0.6 is 24.0 Å². The number of hydrogen-bond donors (Lipinski definition) is 3. The zero-order valence-electron chi connectivity index (χ0n) is 14.3. The molecule has 2 aromatic carbocycles. The number of nitrogens with one attached hydrogen (secondary N) is 2. The van der Waals surface area contributed by atoms with Gasteiger partial charge < -0.3 is 21.1 Å². The maximum absolute atomic E-state index is 13.0. The van der Waals surface area contributed by atoms with Gasteiger partial charge in [-0.2, -0.15) is 0 Å². The minimum absolute atomic E-state index is 0. The molecule has 152 valence electrons. The van der Waals surface area contributed by atoms with Crippen LogP contribution in [0, 0.1) is 5.82 Å². The molecule has 11 heteroatoms. The molecule has 0 saturated heterocycles. The lowest BCUT2D eigenvalue weighted by atomic mass is 10.2. The average Bonchev–Trinajstić information content (AvgIpc) is 2.58. The first-order valence-corrected chi connectivity index (χ1v) is 7.65. The van der Waals surface area contributed by atoms with Crippen molar-refractivity contribution in [1.82, 2.24) is 5.32 Å². The van der Waals surface area contributed by atoms with Crippen LogP contribution in [0.2, 0.25) is 0 Å². The van der Waals surface area contributed by atoms with Crippen molar-refractivity contribution >= 4 is 41.5 Å². The van der Waals surface area contributed by atoms with Gasteiger partial charge in [0.25, 0.3) is 0 Å². The summed E-state index contributed by atoms with van der Waals surface area (Å²) in [5.74, 6) is -1.30. The lowest BCUT2D eigenvalue weighted by Gasteiger charge is -2.09. The molecule has 0 aliphatic heterocycles. The summed E-state index contributed by atoms with van der Waals surface area (Å²) in [6.07, 6.45) is -4.75. The Bertz CT molecular complexity index is 814. The summed E-state index contributed by atoms with van der Waals surface area (Å²) in [5.41, 5.74) is 6.53. The summed E-state index contributed by atoms with van der Waals surface area (Å²) in [7, 11) is 0. The zero-order chi connectivity index (χ0) is 19.9. The van der Waals surface area contributed by atoms with E-state index in [2.05, 4.69) is 20.4 Å².